The largest absolute Gasteiger partial charge is 0.452 e. The van der Waals surface area contributed by atoms with E-state index in [-0.39, 0.29) is 29.8 Å². The van der Waals surface area contributed by atoms with Crippen LogP contribution in [0.4, 0.5) is 11.4 Å². The molecule has 0 bridgehead atoms. The molecule has 130 valence electrons. The smallest absolute Gasteiger partial charge is 0.341 e. The first-order valence-corrected chi connectivity index (χ1v) is 7.87. The molecule has 0 radical (unpaired) electrons. The maximum absolute atomic E-state index is 12.2. The van der Waals surface area contributed by atoms with E-state index in [0.717, 1.165) is 25.3 Å². The van der Waals surface area contributed by atoms with Gasteiger partial charge in [-0.2, -0.15) is 0 Å². The standard InChI is InChI=1S/C16H21N3O5/c1-11-5-3-4-8-18(11)15(20)10-24-16(21)13-9-12(19(22)23)6-7-14(13)17-2/h6-7,9,11,17H,3-5,8,10H2,1-2H3/t11-/m1/s1. The predicted octanol–water partition coefficient (Wildman–Crippen LogP) is 2.19. The zero-order valence-electron chi connectivity index (χ0n) is 13.8. The number of esters is 1. The molecular weight excluding hydrogens is 314 g/mol. The lowest BCUT2D eigenvalue weighted by atomic mass is 10.0. The topological polar surface area (TPSA) is 102 Å². The third kappa shape index (κ3) is 4.01. The average Bonchev–Trinajstić information content (AvgIpc) is 2.59. The fraction of sp³-hybridized carbons (Fsp3) is 0.500. The molecule has 2 rings (SSSR count). The number of nitro benzene ring substituents is 1. The van der Waals surface area contributed by atoms with Gasteiger partial charge in [-0.3, -0.25) is 14.9 Å². The zero-order chi connectivity index (χ0) is 17.7. The fourth-order valence-electron chi connectivity index (χ4n) is 2.79. The molecule has 24 heavy (non-hydrogen) atoms. The van der Waals surface area contributed by atoms with E-state index in [1.165, 1.54) is 12.1 Å². The number of benzene rings is 1. The molecule has 0 saturated carbocycles. The Morgan fingerprint density at radius 1 is 1.42 bits per heavy atom. The van der Waals surface area contributed by atoms with Crippen molar-refractivity contribution in [2.45, 2.75) is 32.2 Å². The van der Waals surface area contributed by atoms with Crippen LogP contribution in [0.15, 0.2) is 18.2 Å². The molecular formula is C16H21N3O5. The lowest BCUT2D eigenvalue weighted by Gasteiger charge is -2.33. The number of amides is 1. The van der Waals surface area contributed by atoms with E-state index in [2.05, 4.69) is 5.32 Å². The molecule has 0 spiro atoms. The van der Waals surface area contributed by atoms with Gasteiger partial charge in [-0.05, 0) is 32.3 Å². The molecule has 1 atom stereocenters. The highest BCUT2D eigenvalue weighted by Crippen LogP contribution is 2.23. The van der Waals surface area contributed by atoms with Gasteiger partial charge < -0.3 is 15.0 Å². The van der Waals surface area contributed by atoms with Crippen molar-refractivity contribution in [3.63, 3.8) is 0 Å². The average molecular weight is 335 g/mol. The lowest BCUT2D eigenvalue weighted by molar-refractivity contribution is -0.384. The number of non-ortho nitro benzene ring substituents is 1. The predicted molar refractivity (Wildman–Crippen MR) is 88.0 cm³/mol. The number of rotatable bonds is 5. The van der Waals surface area contributed by atoms with Crippen LogP contribution in [0.2, 0.25) is 0 Å². The van der Waals surface area contributed by atoms with Gasteiger partial charge in [-0.25, -0.2) is 4.79 Å². The first-order valence-electron chi connectivity index (χ1n) is 7.87. The van der Waals surface area contributed by atoms with Crippen LogP contribution in [0, 0.1) is 10.1 Å². The van der Waals surface area contributed by atoms with Crippen molar-refractivity contribution in [3.05, 3.63) is 33.9 Å². The molecule has 1 aliphatic heterocycles. The van der Waals surface area contributed by atoms with Gasteiger partial charge in [-0.15, -0.1) is 0 Å². The number of anilines is 1. The summed E-state index contributed by atoms with van der Waals surface area (Å²) in [6.07, 6.45) is 2.97. The Labute approximate surface area is 139 Å². The van der Waals surface area contributed by atoms with Crippen LogP contribution in [-0.4, -0.2) is 47.9 Å². The minimum absolute atomic E-state index is 0.0335. The van der Waals surface area contributed by atoms with Gasteiger partial charge in [0.2, 0.25) is 0 Å². The van der Waals surface area contributed by atoms with Crippen LogP contribution in [0.1, 0.15) is 36.5 Å². The molecule has 1 aromatic rings. The summed E-state index contributed by atoms with van der Waals surface area (Å²) in [5.74, 6) is -1.01. The molecule has 1 aliphatic rings. The third-order valence-corrected chi connectivity index (χ3v) is 4.15. The maximum atomic E-state index is 12.2. The monoisotopic (exact) mass is 335 g/mol. The summed E-state index contributed by atoms with van der Waals surface area (Å²) in [7, 11) is 1.60. The molecule has 0 aromatic heterocycles. The third-order valence-electron chi connectivity index (χ3n) is 4.15. The van der Waals surface area contributed by atoms with Crippen LogP contribution < -0.4 is 5.32 Å². The number of nitro groups is 1. The number of carbonyl (C=O) groups excluding carboxylic acids is 2. The summed E-state index contributed by atoms with van der Waals surface area (Å²) in [6.45, 7) is 2.27. The van der Waals surface area contributed by atoms with Crippen molar-refractivity contribution in [1.29, 1.82) is 0 Å². The summed E-state index contributed by atoms with van der Waals surface area (Å²) in [5.41, 5.74) is 0.229. The summed E-state index contributed by atoms with van der Waals surface area (Å²) in [6, 6.07) is 4.00. The second kappa shape index (κ2) is 7.76. The second-order valence-corrected chi connectivity index (χ2v) is 5.75. The van der Waals surface area contributed by atoms with Gasteiger partial charge in [-0.1, -0.05) is 0 Å². The van der Waals surface area contributed by atoms with E-state index < -0.39 is 10.9 Å². The maximum Gasteiger partial charge on any atom is 0.341 e. The Morgan fingerprint density at radius 2 is 2.17 bits per heavy atom. The number of carbonyl (C=O) groups is 2. The quantitative estimate of drug-likeness (QED) is 0.503. The summed E-state index contributed by atoms with van der Waals surface area (Å²) in [5, 5.41) is 13.6. The SMILES string of the molecule is CNc1ccc([N+](=O)[O-])cc1C(=O)OCC(=O)N1CCCC[C@H]1C. The Kier molecular flexibility index (Phi) is 5.73. The molecule has 1 saturated heterocycles. The summed E-state index contributed by atoms with van der Waals surface area (Å²) < 4.78 is 5.08. The number of piperidine rings is 1. The molecule has 1 aromatic carbocycles. The number of nitrogens with zero attached hydrogens (tertiary/aromatic N) is 2. The first kappa shape index (κ1) is 17.7. The highest BCUT2D eigenvalue weighted by atomic mass is 16.6. The zero-order valence-corrected chi connectivity index (χ0v) is 13.8. The molecule has 0 aliphatic carbocycles. The van der Waals surface area contributed by atoms with Crippen molar-refractivity contribution in [3.8, 4) is 0 Å². The Bertz CT molecular complexity index is 647. The van der Waals surface area contributed by atoms with Crippen molar-refractivity contribution in [2.24, 2.45) is 0 Å². The number of nitrogens with one attached hydrogen (secondary N) is 1. The molecule has 1 N–H and O–H groups in total. The van der Waals surface area contributed by atoms with Crippen LogP contribution in [-0.2, 0) is 9.53 Å². The van der Waals surface area contributed by atoms with Crippen molar-refractivity contribution in [2.75, 3.05) is 25.5 Å². The number of likely N-dealkylation sites (tertiary alicyclic amines) is 1. The number of hydrogen-bond acceptors (Lipinski definition) is 6. The molecule has 1 heterocycles. The summed E-state index contributed by atoms with van der Waals surface area (Å²) in [4.78, 5) is 36.4. The van der Waals surface area contributed by atoms with E-state index >= 15 is 0 Å². The van der Waals surface area contributed by atoms with Gasteiger partial charge in [0.05, 0.1) is 10.5 Å². The van der Waals surface area contributed by atoms with Crippen LogP contribution >= 0.6 is 0 Å². The minimum Gasteiger partial charge on any atom is -0.452 e. The molecule has 8 nitrogen and oxygen atoms in total. The molecule has 8 heteroatoms. The molecule has 0 unspecified atom stereocenters. The normalized spacial score (nSPS) is 17.2. The number of hydrogen-bond donors (Lipinski definition) is 1. The highest BCUT2D eigenvalue weighted by molar-refractivity contribution is 5.97. The Hall–Kier alpha value is -2.64. The highest BCUT2D eigenvalue weighted by Gasteiger charge is 2.25. The van der Waals surface area contributed by atoms with Crippen molar-refractivity contribution >= 4 is 23.3 Å². The molecule has 1 fully saturated rings. The van der Waals surface area contributed by atoms with Crippen LogP contribution in [0.5, 0.6) is 0 Å². The van der Waals surface area contributed by atoms with E-state index in [0.29, 0.717) is 12.2 Å². The van der Waals surface area contributed by atoms with Gasteiger partial charge in [0.15, 0.2) is 6.61 Å². The van der Waals surface area contributed by atoms with E-state index in [1.54, 1.807) is 11.9 Å². The first-order chi connectivity index (χ1) is 11.4. The van der Waals surface area contributed by atoms with E-state index in [1.807, 2.05) is 6.92 Å². The van der Waals surface area contributed by atoms with Gasteiger partial charge in [0, 0.05) is 37.5 Å². The lowest BCUT2D eigenvalue weighted by Crippen LogP contribution is -2.44. The van der Waals surface area contributed by atoms with Crippen molar-refractivity contribution < 1.29 is 19.2 Å². The number of ether oxygens (including phenoxy) is 1. The Morgan fingerprint density at radius 3 is 2.79 bits per heavy atom. The summed E-state index contributed by atoms with van der Waals surface area (Å²) >= 11 is 0. The van der Waals surface area contributed by atoms with Crippen molar-refractivity contribution in [1.82, 2.24) is 4.90 Å². The van der Waals surface area contributed by atoms with Crippen LogP contribution in [0.3, 0.4) is 0 Å². The molecule has 1 amide bonds. The van der Waals surface area contributed by atoms with Gasteiger partial charge >= 0.3 is 5.97 Å². The Balaban J connectivity index is 2.05. The van der Waals surface area contributed by atoms with Crippen LogP contribution in [0.25, 0.3) is 0 Å². The van der Waals surface area contributed by atoms with E-state index in [4.69, 9.17) is 4.74 Å². The fourth-order valence-corrected chi connectivity index (χ4v) is 2.79. The van der Waals surface area contributed by atoms with E-state index in [9.17, 15) is 19.7 Å². The second-order valence-electron chi connectivity index (χ2n) is 5.75. The minimum atomic E-state index is -0.763. The van der Waals surface area contributed by atoms with Gasteiger partial charge in [0.25, 0.3) is 11.6 Å². The van der Waals surface area contributed by atoms with Gasteiger partial charge in [0.1, 0.15) is 0 Å².